The number of dihydropyridines is 1. The molecule has 1 heterocycles. The van der Waals surface area contributed by atoms with Crippen LogP contribution in [0.3, 0.4) is 0 Å². The van der Waals surface area contributed by atoms with Gasteiger partial charge in [-0.05, 0) is 60.6 Å². The molecule has 0 saturated heterocycles. The van der Waals surface area contributed by atoms with Crippen molar-refractivity contribution in [2.24, 2.45) is 5.92 Å². The van der Waals surface area contributed by atoms with Crippen LogP contribution in [0.2, 0.25) is 5.02 Å². The van der Waals surface area contributed by atoms with Crippen LogP contribution in [0.5, 0.6) is 5.75 Å². The predicted molar refractivity (Wildman–Crippen MR) is 133 cm³/mol. The number of Topliss-reactive ketones (excluding diaryl/α,β-unsaturated/α-hetero) is 1. The number of halogens is 1. The number of hydrogen-bond donors (Lipinski definition) is 1. The van der Waals surface area contributed by atoms with Gasteiger partial charge in [0.05, 0.1) is 19.3 Å². The third-order valence-electron chi connectivity index (χ3n) is 6.39. The Morgan fingerprint density at radius 3 is 2.32 bits per heavy atom. The average Bonchev–Trinajstić information content (AvgIpc) is 2.82. The van der Waals surface area contributed by atoms with E-state index in [0.29, 0.717) is 41.4 Å². The monoisotopic (exact) mass is 479 g/mol. The molecule has 0 aromatic heterocycles. The lowest BCUT2D eigenvalue weighted by molar-refractivity contribution is -0.140. The molecule has 2 aromatic rings. The molecule has 5 nitrogen and oxygen atoms in total. The minimum absolute atomic E-state index is 0.0381. The van der Waals surface area contributed by atoms with Crippen LogP contribution in [0, 0.1) is 5.92 Å². The number of esters is 1. The highest BCUT2D eigenvalue weighted by atomic mass is 35.5. The van der Waals surface area contributed by atoms with Crippen molar-refractivity contribution in [3.63, 3.8) is 0 Å². The molecule has 1 aliphatic carbocycles. The Labute approximate surface area is 205 Å². The van der Waals surface area contributed by atoms with Crippen molar-refractivity contribution in [2.45, 2.75) is 45.4 Å². The second-order valence-corrected chi connectivity index (χ2v) is 9.77. The molecule has 0 bridgehead atoms. The minimum Gasteiger partial charge on any atom is -0.497 e. The molecule has 1 N–H and O–H groups in total. The van der Waals surface area contributed by atoms with E-state index in [1.54, 1.807) is 7.11 Å². The van der Waals surface area contributed by atoms with Gasteiger partial charge in [-0.2, -0.15) is 0 Å². The molecule has 1 aliphatic heterocycles. The Hall–Kier alpha value is -3.05. The standard InChI is InChI=1S/C28H30ClNO4/c1-16(2)15-34-28(32)25-17(3)30-23-13-20(18-5-9-21(29)10-6-18)14-24(31)27(23)26(25)19-7-11-22(33-4)12-8-19/h5-12,16,20,26,30H,13-15H2,1-4H3. The largest absolute Gasteiger partial charge is 0.497 e. The molecule has 2 aromatic carbocycles. The fourth-order valence-electron chi connectivity index (χ4n) is 4.73. The highest BCUT2D eigenvalue weighted by Crippen LogP contribution is 2.46. The van der Waals surface area contributed by atoms with E-state index >= 15 is 0 Å². The third-order valence-corrected chi connectivity index (χ3v) is 6.64. The zero-order valence-electron chi connectivity index (χ0n) is 20.0. The fourth-order valence-corrected chi connectivity index (χ4v) is 4.86. The van der Waals surface area contributed by atoms with Gasteiger partial charge >= 0.3 is 5.97 Å². The summed E-state index contributed by atoms with van der Waals surface area (Å²) < 4.78 is 10.9. The number of hydrogen-bond acceptors (Lipinski definition) is 5. The summed E-state index contributed by atoms with van der Waals surface area (Å²) in [6, 6.07) is 15.2. The maximum atomic E-state index is 13.6. The first-order valence-electron chi connectivity index (χ1n) is 11.6. The topological polar surface area (TPSA) is 64.6 Å². The summed E-state index contributed by atoms with van der Waals surface area (Å²) in [6.07, 6.45) is 1.06. The van der Waals surface area contributed by atoms with Gasteiger partial charge in [0.25, 0.3) is 0 Å². The smallest absolute Gasteiger partial charge is 0.336 e. The zero-order chi connectivity index (χ0) is 24.4. The number of methoxy groups -OCH3 is 1. The number of allylic oxidation sites excluding steroid dienone is 3. The van der Waals surface area contributed by atoms with Gasteiger partial charge in [-0.15, -0.1) is 0 Å². The van der Waals surface area contributed by atoms with E-state index in [9.17, 15) is 9.59 Å². The van der Waals surface area contributed by atoms with Crippen LogP contribution in [0.15, 0.2) is 71.1 Å². The van der Waals surface area contributed by atoms with Gasteiger partial charge in [0.15, 0.2) is 5.78 Å². The quantitative estimate of drug-likeness (QED) is 0.522. The van der Waals surface area contributed by atoms with Crippen LogP contribution < -0.4 is 10.1 Å². The number of benzene rings is 2. The second-order valence-electron chi connectivity index (χ2n) is 9.33. The molecule has 2 aliphatic rings. The van der Waals surface area contributed by atoms with Gasteiger partial charge < -0.3 is 14.8 Å². The van der Waals surface area contributed by atoms with E-state index < -0.39 is 11.9 Å². The number of nitrogens with one attached hydrogen (secondary N) is 1. The second kappa shape index (κ2) is 10.1. The lowest BCUT2D eigenvalue weighted by Gasteiger charge is -2.36. The summed E-state index contributed by atoms with van der Waals surface area (Å²) in [5.41, 5.74) is 4.67. The summed E-state index contributed by atoms with van der Waals surface area (Å²) in [6.45, 7) is 6.19. The predicted octanol–water partition coefficient (Wildman–Crippen LogP) is 5.91. The molecule has 0 saturated carbocycles. The molecule has 4 rings (SSSR count). The SMILES string of the molecule is COc1ccc(C2C(C(=O)OCC(C)C)=C(C)NC3=C2C(=O)CC(c2ccc(Cl)cc2)C3)cc1. The summed E-state index contributed by atoms with van der Waals surface area (Å²) >= 11 is 6.06. The molecule has 2 unspecified atom stereocenters. The average molecular weight is 480 g/mol. The molecule has 0 amide bonds. The summed E-state index contributed by atoms with van der Waals surface area (Å²) in [4.78, 5) is 26.8. The first-order chi connectivity index (χ1) is 16.3. The maximum absolute atomic E-state index is 13.6. The number of ketones is 1. The molecule has 0 radical (unpaired) electrons. The van der Waals surface area contributed by atoms with E-state index in [4.69, 9.17) is 21.1 Å². The lowest BCUT2D eigenvalue weighted by Crippen LogP contribution is -2.36. The van der Waals surface area contributed by atoms with E-state index in [1.807, 2.05) is 69.3 Å². The van der Waals surface area contributed by atoms with Crippen molar-refractivity contribution in [1.82, 2.24) is 5.32 Å². The number of carbonyl (C=O) groups excluding carboxylic acids is 2. The van der Waals surface area contributed by atoms with Crippen LogP contribution >= 0.6 is 11.6 Å². The Morgan fingerprint density at radius 1 is 1.06 bits per heavy atom. The van der Waals surface area contributed by atoms with Crippen molar-refractivity contribution in [3.8, 4) is 5.75 Å². The normalized spacial score (nSPS) is 20.2. The Kier molecular flexibility index (Phi) is 7.13. The van der Waals surface area contributed by atoms with Crippen molar-refractivity contribution >= 4 is 23.4 Å². The van der Waals surface area contributed by atoms with Crippen molar-refractivity contribution < 1.29 is 19.1 Å². The molecule has 0 fully saturated rings. The Balaban J connectivity index is 1.75. The van der Waals surface area contributed by atoms with Crippen LogP contribution in [0.25, 0.3) is 0 Å². The summed E-state index contributed by atoms with van der Waals surface area (Å²) in [5, 5.41) is 4.06. The highest BCUT2D eigenvalue weighted by Gasteiger charge is 2.41. The van der Waals surface area contributed by atoms with Crippen LogP contribution in [0.1, 0.15) is 56.6 Å². The summed E-state index contributed by atoms with van der Waals surface area (Å²) in [7, 11) is 1.61. The van der Waals surface area contributed by atoms with Crippen molar-refractivity contribution in [2.75, 3.05) is 13.7 Å². The lowest BCUT2D eigenvalue weighted by atomic mass is 9.71. The van der Waals surface area contributed by atoms with E-state index in [-0.39, 0.29) is 17.6 Å². The molecule has 6 heteroatoms. The zero-order valence-corrected chi connectivity index (χ0v) is 20.7. The van der Waals surface area contributed by atoms with Crippen molar-refractivity contribution in [1.29, 1.82) is 0 Å². The van der Waals surface area contributed by atoms with E-state index in [0.717, 1.165) is 22.5 Å². The molecule has 2 atom stereocenters. The van der Waals surface area contributed by atoms with Crippen LogP contribution in [0.4, 0.5) is 0 Å². The molecule has 0 spiro atoms. The highest BCUT2D eigenvalue weighted by molar-refractivity contribution is 6.30. The number of carbonyl (C=O) groups is 2. The van der Waals surface area contributed by atoms with E-state index in [1.165, 1.54) is 0 Å². The first kappa shape index (κ1) is 24.1. The van der Waals surface area contributed by atoms with Gasteiger partial charge in [0, 0.05) is 34.3 Å². The number of ether oxygens (including phenoxy) is 2. The van der Waals surface area contributed by atoms with Gasteiger partial charge in [-0.3, -0.25) is 4.79 Å². The van der Waals surface area contributed by atoms with E-state index in [2.05, 4.69) is 5.32 Å². The van der Waals surface area contributed by atoms with Gasteiger partial charge in [-0.25, -0.2) is 4.79 Å². The summed E-state index contributed by atoms with van der Waals surface area (Å²) in [5.74, 6) is 0.145. The Morgan fingerprint density at radius 2 is 1.71 bits per heavy atom. The van der Waals surface area contributed by atoms with Gasteiger partial charge in [-0.1, -0.05) is 49.7 Å². The van der Waals surface area contributed by atoms with Gasteiger partial charge in [0.2, 0.25) is 0 Å². The third kappa shape index (κ3) is 4.90. The van der Waals surface area contributed by atoms with Gasteiger partial charge in [0.1, 0.15) is 5.75 Å². The van der Waals surface area contributed by atoms with Crippen molar-refractivity contribution in [3.05, 3.63) is 87.2 Å². The van der Waals surface area contributed by atoms with Crippen LogP contribution in [-0.4, -0.2) is 25.5 Å². The molecular formula is C28H30ClNO4. The Bertz CT molecular complexity index is 1150. The maximum Gasteiger partial charge on any atom is 0.336 e. The molecular weight excluding hydrogens is 450 g/mol. The fraction of sp³-hybridized carbons (Fsp3) is 0.357. The first-order valence-corrected chi connectivity index (χ1v) is 12.0. The van der Waals surface area contributed by atoms with Crippen LogP contribution in [-0.2, 0) is 14.3 Å². The minimum atomic E-state index is -0.486. The molecule has 34 heavy (non-hydrogen) atoms. The number of rotatable bonds is 6. The molecule has 178 valence electrons.